The first-order valence-electron chi connectivity index (χ1n) is 4.05. The van der Waals surface area contributed by atoms with E-state index in [0.29, 0.717) is 5.02 Å². The van der Waals surface area contributed by atoms with Gasteiger partial charge in [-0.05, 0) is 25.1 Å². The largest absolute Gasteiger partial charge is 0.462 e. The van der Waals surface area contributed by atoms with Crippen LogP contribution in [0, 0.1) is 0 Å². The van der Waals surface area contributed by atoms with Crippen molar-refractivity contribution in [2.75, 3.05) is 0 Å². The molecular weight excluding hydrogens is 279 g/mol. The van der Waals surface area contributed by atoms with Crippen LogP contribution in [-0.2, 0) is 14.6 Å². The normalized spacial score (nSPS) is 13.5. The molecule has 1 aromatic carbocycles. The molecule has 0 bridgehead atoms. The van der Waals surface area contributed by atoms with Crippen LogP contribution in [0.5, 0.6) is 5.75 Å². The van der Waals surface area contributed by atoms with E-state index in [0.717, 1.165) is 0 Å². The maximum Gasteiger partial charge on any atom is 0.400 e. The average molecular weight is 287 g/mol. The van der Waals surface area contributed by atoms with E-state index in [9.17, 15) is 8.42 Å². The van der Waals surface area contributed by atoms with Crippen LogP contribution in [0.2, 0.25) is 10.0 Å². The van der Waals surface area contributed by atoms with Gasteiger partial charge in [0.1, 0.15) is 5.75 Å². The van der Waals surface area contributed by atoms with Gasteiger partial charge in [0.2, 0.25) is 6.29 Å². The van der Waals surface area contributed by atoms with Gasteiger partial charge in [0.15, 0.2) is 0 Å². The minimum atomic E-state index is -4.56. The second-order valence-corrected chi connectivity index (χ2v) is 4.68. The Kier molecular flexibility index (Phi) is 4.40. The summed E-state index contributed by atoms with van der Waals surface area (Å²) in [5.41, 5.74) is 0. The highest BCUT2D eigenvalue weighted by Gasteiger charge is 2.14. The van der Waals surface area contributed by atoms with Crippen molar-refractivity contribution in [1.29, 1.82) is 0 Å². The van der Waals surface area contributed by atoms with E-state index in [-0.39, 0.29) is 10.8 Å². The molecule has 1 atom stereocenters. The number of benzene rings is 1. The molecule has 0 fully saturated rings. The molecule has 1 N–H and O–H groups in total. The Bertz CT molecular complexity index is 473. The molecule has 8 heteroatoms. The summed E-state index contributed by atoms with van der Waals surface area (Å²) in [5, 5.41) is 0.624. The molecule has 0 aliphatic carbocycles. The van der Waals surface area contributed by atoms with E-state index in [4.69, 9.17) is 32.5 Å². The predicted octanol–water partition coefficient (Wildman–Crippen LogP) is 2.54. The first-order valence-corrected chi connectivity index (χ1v) is 6.17. The number of hydrogen-bond donors (Lipinski definition) is 1. The van der Waals surface area contributed by atoms with Gasteiger partial charge in [0, 0.05) is 5.02 Å². The van der Waals surface area contributed by atoms with Crippen LogP contribution >= 0.6 is 23.2 Å². The molecule has 0 saturated heterocycles. The Morgan fingerprint density at radius 2 is 2.00 bits per heavy atom. The number of hydrogen-bond acceptors (Lipinski definition) is 4. The van der Waals surface area contributed by atoms with Crippen molar-refractivity contribution >= 4 is 33.6 Å². The van der Waals surface area contributed by atoms with Crippen molar-refractivity contribution in [3.63, 3.8) is 0 Å². The predicted molar refractivity (Wildman–Crippen MR) is 59.2 cm³/mol. The SMILES string of the molecule is CC(Oc1ccc(Cl)cc1Cl)OS(=O)(=O)O. The van der Waals surface area contributed by atoms with Crippen LogP contribution in [-0.4, -0.2) is 19.3 Å². The van der Waals surface area contributed by atoms with Crippen LogP contribution in [0.1, 0.15) is 6.92 Å². The Labute approximate surface area is 103 Å². The highest BCUT2D eigenvalue weighted by Crippen LogP contribution is 2.28. The summed E-state index contributed by atoms with van der Waals surface area (Å²) in [6, 6.07) is 4.40. The van der Waals surface area contributed by atoms with E-state index in [1.165, 1.54) is 25.1 Å². The van der Waals surface area contributed by atoms with E-state index in [2.05, 4.69) is 4.18 Å². The van der Waals surface area contributed by atoms with Gasteiger partial charge < -0.3 is 4.74 Å². The van der Waals surface area contributed by atoms with Crippen LogP contribution in [0.15, 0.2) is 18.2 Å². The molecule has 1 unspecified atom stereocenters. The lowest BCUT2D eigenvalue weighted by Gasteiger charge is -2.13. The van der Waals surface area contributed by atoms with E-state index < -0.39 is 16.7 Å². The van der Waals surface area contributed by atoms with Gasteiger partial charge in [-0.25, -0.2) is 4.18 Å². The molecule has 0 aliphatic rings. The molecule has 90 valence electrons. The fourth-order valence-corrected chi connectivity index (χ4v) is 1.78. The standard InChI is InChI=1S/C8H8Cl2O5S/c1-5(15-16(11,12)13)14-8-3-2-6(9)4-7(8)10/h2-5H,1H3,(H,11,12,13). The van der Waals surface area contributed by atoms with Crippen molar-refractivity contribution in [2.45, 2.75) is 13.2 Å². The zero-order valence-electron chi connectivity index (χ0n) is 8.05. The third kappa shape index (κ3) is 4.54. The maximum atomic E-state index is 10.4. The summed E-state index contributed by atoms with van der Waals surface area (Å²) in [6.45, 7) is 1.29. The number of halogens is 2. The monoisotopic (exact) mass is 286 g/mol. The van der Waals surface area contributed by atoms with E-state index in [1.54, 1.807) is 0 Å². The van der Waals surface area contributed by atoms with Gasteiger partial charge in [-0.3, -0.25) is 4.55 Å². The maximum absolute atomic E-state index is 10.4. The summed E-state index contributed by atoms with van der Waals surface area (Å²) in [5.74, 6) is 0.196. The molecule has 0 aromatic heterocycles. The lowest BCUT2D eigenvalue weighted by atomic mass is 10.3. The van der Waals surface area contributed by atoms with Crippen LogP contribution in [0.25, 0.3) is 0 Å². The fourth-order valence-electron chi connectivity index (χ4n) is 0.940. The Morgan fingerprint density at radius 1 is 1.38 bits per heavy atom. The first-order chi connectivity index (χ1) is 7.28. The Morgan fingerprint density at radius 3 is 2.50 bits per heavy atom. The van der Waals surface area contributed by atoms with Crippen molar-refractivity contribution in [2.24, 2.45) is 0 Å². The third-order valence-electron chi connectivity index (χ3n) is 1.44. The molecule has 0 radical (unpaired) electrons. The molecular formula is C8H8Cl2O5S. The van der Waals surface area contributed by atoms with Crippen LogP contribution < -0.4 is 4.74 Å². The fraction of sp³-hybridized carbons (Fsp3) is 0.250. The second-order valence-electron chi connectivity index (χ2n) is 2.78. The van der Waals surface area contributed by atoms with Gasteiger partial charge in [-0.2, -0.15) is 8.42 Å². The summed E-state index contributed by atoms with van der Waals surface area (Å²) in [7, 11) is -4.56. The lowest BCUT2D eigenvalue weighted by Crippen LogP contribution is -2.20. The zero-order chi connectivity index (χ0) is 12.3. The molecule has 1 aromatic rings. The quantitative estimate of drug-likeness (QED) is 0.680. The van der Waals surface area contributed by atoms with Gasteiger partial charge >= 0.3 is 10.4 Å². The summed E-state index contributed by atoms with van der Waals surface area (Å²) in [6.07, 6.45) is -1.20. The minimum Gasteiger partial charge on any atom is -0.462 e. The Balaban J connectivity index is 2.73. The first kappa shape index (κ1) is 13.5. The zero-order valence-corrected chi connectivity index (χ0v) is 10.4. The summed E-state index contributed by atoms with van der Waals surface area (Å²) >= 11 is 11.4. The molecule has 0 heterocycles. The molecule has 1 rings (SSSR count). The Hall–Kier alpha value is -0.530. The van der Waals surface area contributed by atoms with E-state index in [1.807, 2.05) is 0 Å². The van der Waals surface area contributed by atoms with Gasteiger partial charge in [0.25, 0.3) is 0 Å². The molecule has 0 amide bonds. The molecule has 16 heavy (non-hydrogen) atoms. The van der Waals surface area contributed by atoms with Crippen molar-refractivity contribution in [3.05, 3.63) is 28.2 Å². The molecule has 0 aliphatic heterocycles. The number of rotatable bonds is 4. The topological polar surface area (TPSA) is 72.8 Å². The summed E-state index contributed by atoms with van der Waals surface area (Å²) < 4.78 is 38.3. The van der Waals surface area contributed by atoms with Gasteiger partial charge in [-0.15, -0.1) is 0 Å². The van der Waals surface area contributed by atoms with Gasteiger partial charge in [-0.1, -0.05) is 23.2 Å². The average Bonchev–Trinajstić information content (AvgIpc) is 2.06. The summed E-state index contributed by atoms with van der Waals surface area (Å²) in [4.78, 5) is 0. The molecule has 5 nitrogen and oxygen atoms in total. The number of ether oxygens (including phenoxy) is 1. The second kappa shape index (κ2) is 5.20. The van der Waals surface area contributed by atoms with Crippen molar-refractivity contribution in [1.82, 2.24) is 0 Å². The van der Waals surface area contributed by atoms with Crippen molar-refractivity contribution < 1.29 is 21.9 Å². The van der Waals surface area contributed by atoms with Gasteiger partial charge in [0.05, 0.1) is 5.02 Å². The van der Waals surface area contributed by atoms with Crippen molar-refractivity contribution in [3.8, 4) is 5.75 Å². The smallest absolute Gasteiger partial charge is 0.400 e. The molecule has 0 spiro atoms. The lowest BCUT2D eigenvalue weighted by molar-refractivity contribution is 0.0189. The van der Waals surface area contributed by atoms with E-state index >= 15 is 0 Å². The third-order valence-corrected chi connectivity index (χ3v) is 2.49. The van der Waals surface area contributed by atoms with Crippen LogP contribution in [0.4, 0.5) is 0 Å². The van der Waals surface area contributed by atoms with Crippen LogP contribution in [0.3, 0.4) is 0 Å². The highest BCUT2D eigenvalue weighted by atomic mass is 35.5. The molecule has 0 saturated carbocycles. The minimum absolute atomic E-state index is 0.196. The highest BCUT2D eigenvalue weighted by molar-refractivity contribution is 7.80.